The van der Waals surface area contributed by atoms with Gasteiger partial charge in [0.05, 0.1) is 18.8 Å². The first-order valence-electron chi connectivity index (χ1n) is 9.51. The standard InChI is InChI=1S/C20H30N2O3/c1-24-17-10-9-15(13-18(17)25-16-7-3-4-8-16)14-22-19(23)20(21)11-5-2-6-12-20/h9-10,13,16H,2-8,11-12,14,21H2,1H3,(H,22,23). The molecule has 0 unspecified atom stereocenters. The Morgan fingerprint density at radius 1 is 1.16 bits per heavy atom. The SMILES string of the molecule is COc1ccc(CNC(=O)C2(N)CCCCC2)cc1OC1CCCC1. The molecule has 0 bridgehead atoms. The smallest absolute Gasteiger partial charge is 0.240 e. The zero-order valence-corrected chi connectivity index (χ0v) is 15.2. The molecule has 0 spiro atoms. The average Bonchev–Trinajstić information content (AvgIpc) is 3.13. The summed E-state index contributed by atoms with van der Waals surface area (Å²) in [5.41, 5.74) is 6.60. The highest BCUT2D eigenvalue weighted by Gasteiger charge is 2.34. The van der Waals surface area contributed by atoms with Gasteiger partial charge >= 0.3 is 0 Å². The molecule has 2 saturated carbocycles. The number of nitrogens with one attached hydrogen (secondary N) is 1. The van der Waals surface area contributed by atoms with Crippen molar-refractivity contribution in [3.05, 3.63) is 23.8 Å². The van der Waals surface area contributed by atoms with Crippen LogP contribution in [-0.2, 0) is 11.3 Å². The first-order chi connectivity index (χ1) is 12.1. The molecule has 0 aliphatic heterocycles. The number of carbonyl (C=O) groups excluding carboxylic acids is 1. The van der Waals surface area contributed by atoms with E-state index in [-0.39, 0.29) is 12.0 Å². The molecule has 0 heterocycles. The molecule has 5 nitrogen and oxygen atoms in total. The fourth-order valence-electron chi connectivity index (χ4n) is 3.88. The number of ether oxygens (including phenoxy) is 2. The zero-order chi connectivity index (χ0) is 17.7. The van der Waals surface area contributed by atoms with Gasteiger partial charge < -0.3 is 20.5 Å². The molecular weight excluding hydrogens is 316 g/mol. The molecule has 3 N–H and O–H groups in total. The van der Waals surface area contributed by atoms with Gasteiger partial charge in [-0.1, -0.05) is 25.3 Å². The van der Waals surface area contributed by atoms with Crippen molar-refractivity contribution in [1.29, 1.82) is 0 Å². The lowest BCUT2D eigenvalue weighted by molar-refractivity contribution is -0.127. The minimum absolute atomic E-state index is 0.0405. The molecule has 1 aromatic carbocycles. The maximum Gasteiger partial charge on any atom is 0.240 e. The van der Waals surface area contributed by atoms with E-state index in [2.05, 4.69) is 5.32 Å². The largest absolute Gasteiger partial charge is 0.493 e. The predicted octanol–water partition coefficient (Wildman–Crippen LogP) is 3.29. The third-order valence-electron chi connectivity index (χ3n) is 5.47. The van der Waals surface area contributed by atoms with Gasteiger partial charge in [-0.15, -0.1) is 0 Å². The quantitative estimate of drug-likeness (QED) is 0.829. The molecule has 0 radical (unpaired) electrons. The van der Waals surface area contributed by atoms with E-state index in [0.717, 1.165) is 55.6 Å². The van der Waals surface area contributed by atoms with E-state index < -0.39 is 5.54 Å². The molecule has 0 atom stereocenters. The number of carbonyl (C=O) groups is 1. The van der Waals surface area contributed by atoms with Gasteiger partial charge in [-0.05, 0) is 56.2 Å². The van der Waals surface area contributed by atoms with Crippen molar-refractivity contribution >= 4 is 5.91 Å². The Hall–Kier alpha value is -1.75. The Kier molecular flexibility index (Phi) is 5.84. The Balaban J connectivity index is 1.62. The first-order valence-corrected chi connectivity index (χ1v) is 9.51. The van der Waals surface area contributed by atoms with Crippen LogP contribution in [0.25, 0.3) is 0 Å². The summed E-state index contributed by atoms with van der Waals surface area (Å²) in [5, 5.41) is 3.01. The second-order valence-electron chi connectivity index (χ2n) is 7.41. The van der Waals surface area contributed by atoms with Gasteiger partial charge in [0, 0.05) is 6.54 Å². The second-order valence-corrected chi connectivity index (χ2v) is 7.41. The van der Waals surface area contributed by atoms with Crippen LogP contribution in [0.3, 0.4) is 0 Å². The topological polar surface area (TPSA) is 73.6 Å². The second kappa shape index (κ2) is 8.09. The fraction of sp³-hybridized carbons (Fsp3) is 0.650. The van der Waals surface area contributed by atoms with E-state index in [1.165, 1.54) is 19.3 Å². The van der Waals surface area contributed by atoms with E-state index in [9.17, 15) is 4.79 Å². The summed E-state index contributed by atoms with van der Waals surface area (Å²) < 4.78 is 11.5. The van der Waals surface area contributed by atoms with Crippen LogP contribution in [0.4, 0.5) is 0 Å². The number of hydrogen-bond donors (Lipinski definition) is 2. The minimum atomic E-state index is -0.700. The number of hydrogen-bond acceptors (Lipinski definition) is 4. The average molecular weight is 346 g/mol. The van der Waals surface area contributed by atoms with Gasteiger partial charge in [0.15, 0.2) is 11.5 Å². The Labute approximate surface area is 150 Å². The maximum absolute atomic E-state index is 12.5. The van der Waals surface area contributed by atoms with Crippen LogP contribution >= 0.6 is 0 Å². The summed E-state index contributed by atoms with van der Waals surface area (Å²) >= 11 is 0. The Bertz CT molecular complexity index is 591. The molecule has 5 heteroatoms. The van der Waals surface area contributed by atoms with E-state index in [4.69, 9.17) is 15.2 Å². The number of methoxy groups -OCH3 is 1. The van der Waals surface area contributed by atoms with E-state index in [1.807, 2.05) is 18.2 Å². The van der Waals surface area contributed by atoms with E-state index in [1.54, 1.807) is 7.11 Å². The molecule has 0 saturated heterocycles. The highest BCUT2D eigenvalue weighted by atomic mass is 16.5. The summed E-state index contributed by atoms with van der Waals surface area (Å²) in [7, 11) is 1.65. The number of rotatable bonds is 6. The maximum atomic E-state index is 12.5. The fourth-order valence-corrected chi connectivity index (χ4v) is 3.88. The molecule has 2 aliphatic rings. The van der Waals surface area contributed by atoms with Gasteiger partial charge in [-0.2, -0.15) is 0 Å². The lowest BCUT2D eigenvalue weighted by Gasteiger charge is -2.31. The predicted molar refractivity (Wildman–Crippen MR) is 97.7 cm³/mol. The Morgan fingerprint density at radius 3 is 2.56 bits per heavy atom. The van der Waals surface area contributed by atoms with Crippen LogP contribution in [0, 0.1) is 0 Å². The molecule has 1 aromatic rings. The number of nitrogens with two attached hydrogens (primary N) is 1. The minimum Gasteiger partial charge on any atom is -0.493 e. The van der Waals surface area contributed by atoms with Crippen LogP contribution in [0.5, 0.6) is 11.5 Å². The van der Waals surface area contributed by atoms with E-state index in [0.29, 0.717) is 6.54 Å². The summed E-state index contributed by atoms with van der Waals surface area (Å²) in [5.74, 6) is 1.46. The first kappa shape index (κ1) is 18.1. The molecule has 3 rings (SSSR count). The molecular formula is C20H30N2O3. The van der Waals surface area contributed by atoms with Crippen molar-refractivity contribution in [3.8, 4) is 11.5 Å². The van der Waals surface area contributed by atoms with Crippen LogP contribution in [0.15, 0.2) is 18.2 Å². The third-order valence-corrected chi connectivity index (χ3v) is 5.47. The zero-order valence-electron chi connectivity index (χ0n) is 15.2. The van der Waals surface area contributed by atoms with Gasteiger partial charge in [0.2, 0.25) is 5.91 Å². The van der Waals surface area contributed by atoms with Gasteiger partial charge in [-0.25, -0.2) is 0 Å². The monoisotopic (exact) mass is 346 g/mol. The van der Waals surface area contributed by atoms with Crippen LogP contribution in [0.1, 0.15) is 63.4 Å². The van der Waals surface area contributed by atoms with E-state index >= 15 is 0 Å². The summed E-state index contributed by atoms with van der Waals surface area (Å²) in [6, 6.07) is 5.84. The molecule has 1 amide bonds. The molecule has 2 fully saturated rings. The summed E-state index contributed by atoms with van der Waals surface area (Å²) in [6.45, 7) is 0.461. The lowest BCUT2D eigenvalue weighted by atomic mass is 9.82. The Morgan fingerprint density at radius 2 is 1.88 bits per heavy atom. The van der Waals surface area contributed by atoms with Crippen molar-refractivity contribution in [3.63, 3.8) is 0 Å². The highest BCUT2D eigenvalue weighted by Crippen LogP contribution is 2.32. The van der Waals surface area contributed by atoms with Crippen molar-refractivity contribution < 1.29 is 14.3 Å². The van der Waals surface area contributed by atoms with Gasteiger partial charge in [0.1, 0.15) is 0 Å². The van der Waals surface area contributed by atoms with Crippen LogP contribution in [0.2, 0.25) is 0 Å². The summed E-state index contributed by atoms with van der Waals surface area (Å²) in [6.07, 6.45) is 9.70. The molecule has 0 aromatic heterocycles. The number of benzene rings is 1. The van der Waals surface area contributed by atoms with Gasteiger partial charge in [0.25, 0.3) is 0 Å². The molecule has 2 aliphatic carbocycles. The number of amides is 1. The summed E-state index contributed by atoms with van der Waals surface area (Å²) in [4.78, 5) is 12.5. The van der Waals surface area contributed by atoms with Crippen LogP contribution in [-0.4, -0.2) is 24.7 Å². The van der Waals surface area contributed by atoms with Crippen molar-refractivity contribution in [2.45, 2.75) is 76.0 Å². The highest BCUT2D eigenvalue weighted by molar-refractivity contribution is 5.86. The molecule has 25 heavy (non-hydrogen) atoms. The normalized spacial score (nSPS) is 20.2. The van der Waals surface area contributed by atoms with Crippen LogP contribution < -0.4 is 20.5 Å². The van der Waals surface area contributed by atoms with Crippen molar-refractivity contribution in [1.82, 2.24) is 5.32 Å². The molecule has 138 valence electrons. The third kappa shape index (κ3) is 4.46. The van der Waals surface area contributed by atoms with Crippen molar-refractivity contribution in [2.24, 2.45) is 5.73 Å². The lowest BCUT2D eigenvalue weighted by Crippen LogP contribution is -2.54. The van der Waals surface area contributed by atoms with Crippen molar-refractivity contribution in [2.75, 3.05) is 7.11 Å². The van der Waals surface area contributed by atoms with Gasteiger partial charge in [-0.3, -0.25) is 4.79 Å².